The summed E-state index contributed by atoms with van der Waals surface area (Å²) in [7, 11) is 0. The Bertz CT molecular complexity index is 319. The molecule has 88 valence electrons. The third-order valence-corrected chi connectivity index (χ3v) is 2.38. The molecule has 0 aromatic heterocycles. The number of ether oxygens (including phenoxy) is 1. The van der Waals surface area contributed by atoms with Crippen molar-refractivity contribution in [1.82, 2.24) is 0 Å². The third-order valence-electron chi connectivity index (χ3n) is 2.38. The second-order valence-electron chi connectivity index (χ2n) is 3.74. The predicted molar refractivity (Wildman–Crippen MR) is 64.2 cm³/mol. The molecule has 0 heterocycles. The van der Waals surface area contributed by atoms with E-state index in [9.17, 15) is 4.79 Å². The summed E-state index contributed by atoms with van der Waals surface area (Å²) in [6, 6.07) is 8.43. The van der Waals surface area contributed by atoms with Crippen LogP contribution in [0, 0.1) is 0 Å². The molecule has 0 aliphatic carbocycles. The number of aryl methyl sites for hydroxylation is 1. The molecule has 1 aromatic rings. The molecule has 2 N–H and O–H groups in total. The lowest BCUT2D eigenvalue weighted by Crippen LogP contribution is -2.17. The number of rotatable bonds is 6. The van der Waals surface area contributed by atoms with Crippen molar-refractivity contribution in [2.24, 2.45) is 5.73 Å². The molecule has 0 radical (unpaired) electrons. The summed E-state index contributed by atoms with van der Waals surface area (Å²) in [6.07, 6.45) is 3.02. The van der Waals surface area contributed by atoms with E-state index in [2.05, 4.69) is 31.2 Å². The van der Waals surface area contributed by atoms with Gasteiger partial charge in [-0.2, -0.15) is 0 Å². The molecular weight excluding hydrogens is 202 g/mol. The number of esters is 1. The Morgan fingerprint density at radius 3 is 2.25 bits per heavy atom. The molecule has 3 heteroatoms. The molecule has 0 spiro atoms. The summed E-state index contributed by atoms with van der Waals surface area (Å²) in [5.74, 6) is -0.345. The average molecular weight is 221 g/mol. The summed E-state index contributed by atoms with van der Waals surface area (Å²) < 4.78 is 4.91. The van der Waals surface area contributed by atoms with Gasteiger partial charge in [-0.25, -0.2) is 0 Å². The Labute approximate surface area is 96.6 Å². The van der Waals surface area contributed by atoms with Crippen molar-refractivity contribution in [3.63, 3.8) is 0 Å². The van der Waals surface area contributed by atoms with E-state index in [4.69, 9.17) is 10.5 Å². The minimum Gasteiger partial charge on any atom is -0.464 e. The number of hydrogen-bond donors (Lipinski definition) is 1. The lowest BCUT2D eigenvalue weighted by atomic mass is 10.1. The number of nitrogens with two attached hydrogens (primary N) is 1. The van der Waals surface area contributed by atoms with Crippen LogP contribution in [-0.2, 0) is 22.4 Å². The quantitative estimate of drug-likeness (QED) is 0.744. The van der Waals surface area contributed by atoms with Gasteiger partial charge in [-0.15, -0.1) is 0 Å². The van der Waals surface area contributed by atoms with Crippen LogP contribution in [-0.4, -0.2) is 19.1 Å². The molecule has 0 bridgehead atoms. The maximum absolute atomic E-state index is 10.8. The molecule has 0 saturated carbocycles. The van der Waals surface area contributed by atoms with Gasteiger partial charge in [0.15, 0.2) is 0 Å². The highest BCUT2D eigenvalue weighted by Gasteiger charge is 1.99. The van der Waals surface area contributed by atoms with Crippen molar-refractivity contribution in [3.05, 3.63) is 35.4 Å². The van der Waals surface area contributed by atoms with Gasteiger partial charge in [-0.3, -0.25) is 4.79 Å². The summed E-state index contributed by atoms with van der Waals surface area (Å²) in [5, 5.41) is 0. The SMILES string of the molecule is CCCc1ccc(CCOC(=O)CN)cc1. The van der Waals surface area contributed by atoms with Gasteiger partial charge in [0, 0.05) is 6.42 Å². The Balaban J connectivity index is 2.34. The van der Waals surface area contributed by atoms with Crippen LogP contribution in [0.15, 0.2) is 24.3 Å². The van der Waals surface area contributed by atoms with Crippen molar-refractivity contribution in [2.75, 3.05) is 13.2 Å². The first-order chi connectivity index (χ1) is 7.76. The Morgan fingerprint density at radius 1 is 1.19 bits per heavy atom. The van der Waals surface area contributed by atoms with Gasteiger partial charge in [0.1, 0.15) is 0 Å². The smallest absolute Gasteiger partial charge is 0.319 e. The Hall–Kier alpha value is -1.35. The Kier molecular flexibility index (Phi) is 5.57. The van der Waals surface area contributed by atoms with Gasteiger partial charge in [0.05, 0.1) is 13.2 Å². The number of carbonyl (C=O) groups is 1. The predicted octanol–water partition coefficient (Wildman–Crippen LogP) is 1.68. The minimum atomic E-state index is -0.345. The zero-order chi connectivity index (χ0) is 11.8. The van der Waals surface area contributed by atoms with Crippen molar-refractivity contribution in [1.29, 1.82) is 0 Å². The largest absolute Gasteiger partial charge is 0.464 e. The zero-order valence-electron chi connectivity index (χ0n) is 9.74. The average Bonchev–Trinajstić information content (AvgIpc) is 2.31. The van der Waals surface area contributed by atoms with E-state index >= 15 is 0 Å². The van der Waals surface area contributed by atoms with E-state index in [0.29, 0.717) is 6.61 Å². The second kappa shape index (κ2) is 7.01. The summed E-state index contributed by atoms with van der Waals surface area (Å²) >= 11 is 0. The van der Waals surface area contributed by atoms with E-state index in [1.165, 1.54) is 11.1 Å². The monoisotopic (exact) mass is 221 g/mol. The highest BCUT2D eigenvalue weighted by molar-refractivity contribution is 5.71. The normalized spacial score (nSPS) is 10.1. The maximum Gasteiger partial charge on any atom is 0.319 e. The summed E-state index contributed by atoms with van der Waals surface area (Å²) in [6.45, 7) is 2.53. The van der Waals surface area contributed by atoms with Crippen LogP contribution in [0.4, 0.5) is 0 Å². The van der Waals surface area contributed by atoms with Crippen LogP contribution < -0.4 is 5.73 Å². The Morgan fingerprint density at radius 2 is 1.75 bits per heavy atom. The van der Waals surface area contributed by atoms with Crippen molar-refractivity contribution >= 4 is 5.97 Å². The van der Waals surface area contributed by atoms with Gasteiger partial charge in [-0.1, -0.05) is 37.6 Å². The fourth-order valence-electron chi connectivity index (χ4n) is 1.50. The highest BCUT2D eigenvalue weighted by atomic mass is 16.5. The molecule has 0 unspecified atom stereocenters. The molecular formula is C13H19NO2. The first kappa shape index (κ1) is 12.7. The zero-order valence-corrected chi connectivity index (χ0v) is 9.74. The van der Waals surface area contributed by atoms with Crippen LogP contribution in [0.1, 0.15) is 24.5 Å². The molecule has 0 aliphatic heterocycles. The van der Waals surface area contributed by atoms with E-state index < -0.39 is 0 Å². The van der Waals surface area contributed by atoms with Crippen molar-refractivity contribution in [2.45, 2.75) is 26.2 Å². The van der Waals surface area contributed by atoms with Crippen LogP contribution in [0.3, 0.4) is 0 Å². The standard InChI is InChI=1S/C13H19NO2/c1-2-3-11-4-6-12(7-5-11)8-9-16-13(15)10-14/h4-7H,2-3,8-10,14H2,1H3. The topological polar surface area (TPSA) is 52.3 Å². The lowest BCUT2D eigenvalue weighted by molar-refractivity contribution is -0.141. The fourth-order valence-corrected chi connectivity index (χ4v) is 1.50. The molecule has 16 heavy (non-hydrogen) atoms. The van der Waals surface area contributed by atoms with Crippen LogP contribution in [0.25, 0.3) is 0 Å². The molecule has 1 rings (SSSR count). The summed E-state index contributed by atoms with van der Waals surface area (Å²) in [4.78, 5) is 10.8. The van der Waals surface area contributed by atoms with Crippen LogP contribution >= 0.6 is 0 Å². The van der Waals surface area contributed by atoms with Gasteiger partial charge < -0.3 is 10.5 Å². The first-order valence-electron chi connectivity index (χ1n) is 5.69. The molecule has 0 aliphatic rings. The van der Waals surface area contributed by atoms with Crippen LogP contribution in [0.5, 0.6) is 0 Å². The molecule has 3 nitrogen and oxygen atoms in total. The van der Waals surface area contributed by atoms with E-state index in [0.717, 1.165) is 19.3 Å². The van der Waals surface area contributed by atoms with Gasteiger partial charge in [0.25, 0.3) is 0 Å². The molecule has 0 saturated heterocycles. The number of benzene rings is 1. The number of hydrogen-bond acceptors (Lipinski definition) is 3. The van der Waals surface area contributed by atoms with Crippen molar-refractivity contribution in [3.8, 4) is 0 Å². The fraction of sp³-hybridized carbons (Fsp3) is 0.462. The highest BCUT2D eigenvalue weighted by Crippen LogP contribution is 2.07. The van der Waals surface area contributed by atoms with Gasteiger partial charge in [0.2, 0.25) is 0 Å². The number of carbonyl (C=O) groups excluding carboxylic acids is 1. The molecule has 0 fully saturated rings. The van der Waals surface area contributed by atoms with E-state index in [1.54, 1.807) is 0 Å². The van der Waals surface area contributed by atoms with E-state index in [1.807, 2.05) is 0 Å². The molecule has 1 aromatic carbocycles. The molecule has 0 atom stereocenters. The third kappa shape index (κ3) is 4.45. The lowest BCUT2D eigenvalue weighted by Gasteiger charge is -2.04. The summed E-state index contributed by atoms with van der Waals surface area (Å²) in [5.41, 5.74) is 7.67. The minimum absolute atomic E-state index is 0.0462. The molecule has 0 amide bonds. The second-order valence-corrected chi connectivity index (χ2v) is 3.74. The maximum atomic E-state index is 10.8. The van der Waals surface area contributed by atoms with Crippen LogP contribution in [0.2, 0.25) is 0 Å². The van der Waals surface area contributed by atoms with Gasteiger partial charge >= 0.3 is 5.97 Å². The van der Waals surface area contributed by atoms with Gasteiger partial charge in [-0.05, 0) is 17.5 Å². The van der Waals surface area contributed by atoms with E-state index in [-0.39, 0.29) is 12.5 Å². The van der Waals surface area contributed by atoms with Crippen molar-refractivity contribution < 1.29 is 9.53 Å². The first-order valence-corrected chi connectivity index (χ1v) is 5.69.